The van der Waals surface area contributed by atoms with E-state index in [0.29, 0.717) is 0 Å². The van der Waals surface area contributed by atoms with Gasteiger partial charge in [0.05, 0.1) is 0 Å². The molecule has 0 heterocycles. The molecule has 0 saturated heterocycles. The van der Waals surface area contributed by atoms with Crippen LogP contribution in [0.15, 0.2) is 42.5 Å². The smallest absolute Gasteiger partial charge is 0.296 e. The SMILES string of the molecule is O=[SiH]c1ccc2cccccc1-2. The predicted molar refractivity (Wildman–Crippen MR) is 50.5 cm³/mol. The van der Waals surface area contributed by atoms with Gasteiger partial charge in [-0.15, -0.1) is 0 Å². The summed E-state index contributed by atoms with van der Waals surface area (Å²) in [6.45, 7) is 0. The molecule has 0 aromatic carbocycles. The van der Waals surface area contributed by atoms with Crippen LogP contribution in [0.2, 0.25) is 0 Å². The lowest BCUT2D eigenvalue weighted by Gasteiger charge is -1.90. The maximum atomic E-state index is 10.8. The maximum Gasteiger partial charge on any atom is 0.296 e. The summed E-state index contributed by atoms with van der Waals surface area (Å²) in [6.07, 6.45) is 0. The van der Waals surface area contributed by atoms with E-state index in [2.05, 4.69) is 0 Å². The summed E-state index contributed by atoms with van der Waals surface area (Å²) in [5, 5.41) is 0.973. The van der Waals surface area contributed by atoms with Gasteiger partial charge in [0.15, 0.2) is 0 Å². The fourth-order valence-corrected chi connectivity index (χ4v) is 1.91. The van der Waals surface area contributed by atoms with Crippen LogP contribution < -0.4 is 5.19 Å². The molecule has 12 heavy (non-hydrogen) atoms. The second-order valence-electron chi connectivity index (χ2n) is 2.69. The Kier molecular flexibility index (Phi) is 1.84. The van der Waals surface area contributed by atoms with Crippen LogP contribution in [0.4, 0.5) is 0 Å². The third kappa shape index (κ3) is 1.10. The van der Waals surface area contributed by atoms with Crippen molar-refractivity contribution in [2.24, 2.45) is 0 Å². The molecular formula is C10H8OSi. The van der Waals surface area contributed by atoms with Crippen LogP contribution >= 0.6 is 0 Å². The highest BCUT2D eigenvalue weighted by Crippen LogP contribution is 2.17. The lowest BCUT2D eigenvalue weighted by atomic mass is 10.2. The Labute approximate surface area is 73.3 Å². The van der Waals surface area contributed by atoms with Crippen molar-refractivity contribution < 1.29 is 4.46 Å². The molecule has 2 rings (SSSR count). The monoisotopic (exact) mass is 172 g/mol. The largest absolute Gasteiger partial charge is 0.386 e. The van der Waals surface area contributed by atoms with E-state index in [1.807, 2.05) is 42.5 Å². The quantitative estimate of drug-likeness (QED) is 0.591. The Morgan fingerprint density at radius 2 is 1.75 bits per heavy atom. The fourth-order valence-electron chi connectivity index (χ4n) is 1.34. The second-order valence-corrected chi connectivity index (χ2v) is 3.54. The van der Waals surface area contributed by atoms with Gasteiger partial charge < -0.3 is 4.46 Å². The highest BCUT2D eigenvalue weighted by Gasteiger charge is 2.05. The molecule has 0 unspecified atom stereocenters. The van der Waals surface area contributed by atoms with Gasteiger partial charge in [0.25, 0.3) is 9.41 Å². The summed E-state index contributed by atoms with van der Waals surface area (Å²) in [6, 6.07) is 13.9. The number of rotatable bonds is 1. The van der Waals surface area contributed by atoms with E-state index >= 15 is 0 Å². The molecule has 2 aliphatic rings. The first kappa shape index (κ1) is 7.37. The van der Waals surface area contributed by atoms with Gasteiger partial charge in [-0.2, -0.15) is 0 Å². The average Bonchev–Trinajstić information content (AvgIpc) is 2.33. The van der Waals surface area contributed by atoms with Crippen LogP contribution in [-0.2, 0) is 4.46 Å². The van der Waals surface area contributed by atoms with E-state index in [-0.39, 0.29) is 0 Å². The zero-order valence-electron chi connectivity index (χ0n) is 6.53. The Hall–Kier alpha value is -1.28. The molecule has 0 fully saturated rings. The first-order valence-corrected chi connectivity index (χ1v) is 4.89. The van der Waals surface area contributed by atoms with E-state index in [1.165, 1.54) is 5.56 Å². The minimum Gasteiger partial charge on any atom is -0.386 e. The Morgan fingerprint density at radius 3 is 2.58 bits per heavy atom. The van der Waals surface area contributed by atoms with Crippen LogP contribution in [0.25, 0.3) is 11.1 Å². The summed E-state index contributed by atoms with van der Waals surface area (Å²) in [4.78, 5) is 0. The van der Waals surface area contributed by atoms with Crippen molar-refractivity contribution in [1.29, 1.82) is 0 Å². The molecule has 0 aliphatic heterocycles. The molecule has 0 saturated carbocycles. The van der Waals surface area contributed by atoms with Crippen molar-refractivity contribution in [3.63, 3.8) is 0 Å². The number of hydrogen-bond donors (Lipinski definition) is 0. The molecule has 0 N–H and O–H groups in total. The predicted octanol–water partition coefficient (Wildman–Crippen LogP) is 1.20. The van der Waals surface area contributed by atoms with Gasteiger partial charge >= 0.3 is 0 Å². The van der Waals surface area contributed by atoms with Crippen molar-refractivity contribution in [3.8, 4) is 11.1 Å². The van der Waals surface area contributed by atoms with Gasteiger partial charge in [-0.05, 0) is 11.1 Å². The molecule has 1 nitrogen and oxygen atoms in total. The molecule has 0 bridgehead atoms. The molecule has 0 aromatic heterocycles. The van der Waals surface area contributed by atoms with Crippen LogP contribution in [0.5, 0.6) is 0 Å². The van der Waals surface area contributed by atoms with E-state index < -0.39 is 9.41 Å². The molecule has 58 valence electrons. The van der Waals surface area contributed by atoms with Crippen molar-refractivity contribution in [2.75, 3.05) is 0 Å². The van der Waals surface area contributed by atoms with Crippen molar-refractivity contribution in [2.45, 2.75) is 0 Å². The third-order valence-corrected chi connectivity index (χ3v) is 2.71. The number of hydrogen-bond acceptors (Lipinski definition) is 1. The minimum atomic E-state index is -0.813. The lowest BCUT2D eigenvalue weighted by molar-refractivity contribution is 0.583. The topological polar surface area (TPSA) is 17.1 Å². The van der Waals surface area contributed by atoms with Crippen LogP contribution in [0.3, 0.4) is 0 Å². The van der Waals surface area contributed by atoms with Gasteiger partial charge in [-0.3, -0.25) is 0 Å². The molecule has 0 aromatic rings. The standard InChI is InChI=1S/C10H8OSi/c11-12-10-7-6-8-4-2-1-3-5-9(8)10/h1-7,12H. The highest BCUT2D eigenvalue weighted by molar-refractivity contribution is 6.42. The lowest BCUT2D eigenvalue weighted by Crippen LogP contribution is -2.03. The minimum absolute atomic E-state index is 0.813. The summed E-state index contributed by atoms with van der Waals surface area (Å²) in [5.41, 5.74) is 2.28. The summed E-state index contributed by atoms with van der Waals surface area (Å²) in [5.74, 6) is 0. The molecule has 0 amide bonds. The molecule has 0 spiro atoms. The van der Waals surface area contributed by atoms with E-state index in [4.69, 9.17) is 0 Å². The van der Waals surface area contributed by atoms with Crippen molar-refractivity contribution in [3.05, 3.63) is 42.5 Å². The summed E-state index contributed by atoms with van der Waals surface area (Å²) < 4.78 is 10.8. The summed E-state index contributed by atoms with van der Waals surface area (Å²) >= 11 is 0. The maximum absolute atomic E-state index is 10.8. The average molecular weight is 172 g/mol. The normalized spacial score (nSPS) is 10.0. The third-order valence-electron chi connectivity index (χ3n) is 1.95. The van der Waals surface area contributed by atoms with Crippen LogP contribution in [0, 0.1) is 0 Å². The second kappa shape index (κ2) is 2.99. The van der Waals surface area contributed by atoms with E-state index in [9.17, 15) is 4.46 Å². The van der Waals surface area contributed by atoms with Gasteiger partial charge in [0.2, 0.25) is 0 Å². The Morgan fingerprint density at radius 1 is 0.917 bits per heavy atom. The van der Waals surface area contributed by atoms with E-state index in [0.717, 1.165) is 10.8 Å². The first-order chi connectivity index (χ1) is 5.92. The Bertz CT molecular complexity index is 384. The zero-order chi connectivity index (χ0) is 8.39. The molecule has 2 aliphatic carbocycles. The molecule has 0 atom stereocenters. The van der Waals surface area contributed by atoms with Crippen molar-refractivity contribution in [1.82, 2.24) is 0 Å². The van der Waals surface area contributed by atoms with Crippen LogP contribution in [0.1, 0.15) is 0 Å². The fraction of sp³-hybridized carbons (Fsp3) is 0. The van der Waals surface area contributed by atoms with Gasteiger partial charge in [0.1, 0.15) is 0 Å². The van der Waals surface area contributed by atoms with E-state index in [1.54, 1.807) is 0 Å². The molecule has 2 heteroatoms. The van der Waals surface area contributed by atoms with Gasteiger partial charge in [-0.1, -0.05) is 42.5 Å². The van der Waals surface area contributed by atoms with Gasteiger partial charge in [0, 0.05) is 5.19 Å². The van der Waals surface area contributed by atoms with Gasteiger partial charge in [-0.25, -0.2) is 0 Å². The first-order valence-electron chi connectivity index (χ1n) is 3.85. The number of fused-ring (bicyclic) bond motifs is 1. The molecule has 0 radical (unpaired) electrons. The summed E-state index contributed by atoms with van der Waals surface area (Å²) in [7, 11) is -0.813. The Balaban J connectivity index is 2.72. The zero-order valence-corrected chi connectivity index (χ0v) is 7.68. The van der Waals surface area contributed by atoms with Crippen molar-refractivity contribution >= 4 is 14.6 Å². The van der Waals surface area contributed by atoms with Crippen LogP contribution in [-0.4, -0.2) is 9.41 Å². The highest BCUT2D eigenvalue weighted by atomic mass is 28.2. The molecular weight excluding hydrogens is 164 g/mol.